The maximum atomic E-state index is 11.6. The lowest BCUT2D eigenvalue weighted by atomic mass is 10.1. The third kappa shape index (κ3) is 2.12. The fourth-order valence-corrected chi connectivity index (χ4v) is 2.02. The molecule has 102 valence electrons. The molecule has 2 rings (SSSR count). The number of aliphatic hydroxyl groups is 2. The van der Waals surface area contributed by atoms with Crippen molar-refractivity contribution in [3.63, 3.8) is 0 Å². The van der Waals surface area contributed by atoms with Gasteiger partial charge in [0.15, 0.2) is 6.23 Å². The minimum absolute atomic E-state index is 0.0555. The molecule has 4 atom stereocenters. The largest absolute Gasteiger partial charge is 0.394 e. The highest BCUT2D eigenvalue weighted by atomic mass is 16.6. The van der Waals surface area contributed by atoms with E-state index in [2.05, 4.69) is 10.6 Å². The van der Waals surface area contributed by atoms with Crippen LogP contribution in [-0.4, -0.2) is 72.1 Å². The summed E-state index contributed by atoms with van der Waals surface area (Å²) in [6.45, 7) is -0.445. The van der Waals surface area contributed by atoms with Gasteiger partial charge in [0.05, 0.1) is 13.3 Å². The van der Waals surface area contributed by atoms with E-state index in [1.165, 1.54) is 12.0 Å². The number of amides is 4. The Balaban J connectivity index is 2.12. The molecule has 2 aliphatic rings. The highest BCUT2D eigenvalue weighted by Crippen LogP contribution is 2.26. The fourth-order valence-electron chi connectivity index (χ4n) is 2.02. The van der Waals surface area contributed by atoms with Crippen molar-refractivity contribution < 1.29 is 29.3 Å². The van der Waals surface area contributed by atoms with Gasteiger partial charge in [-0.1, -0.05) is 0 Å². The van der Waals surface area contributed by atoms with Gasteiger partial charge in [-0.2, -0.15) is 0 Å². The van der Waals surface area contributed by atoms with E-state index in [1.807, 2.05) is 0 Å². The second-order valence-electron chi connectivity index (χ2n) is 4.00. The van der Waals surface area contributed by atoms with Gasteiger partial charge in [-0.3, -0.25) is 10.2 Å². The number of urea groups is 2. The van der Waals surface area contributed by atoms with Crippen molar-refractivity contribution >= 4 is 12.1 Å². The topological polar surface area (TPSA) is 120 Å². The normalized spacial score (nSPS) is 36.5. The Labute approximate surface area is 103 Å². The summed E-state index contributed by atoms with van der Waals surface area (Å²) in [6.07, 6.45) is -3.54. The first-order chi connectivity index (χ1) is 8.58. The van der Waals surface area contributed by atoms with Crippen LogP contribution in [0.4, 0.5) is 9.59 Å². The lowest BCUT2D eigenvalue weighted by Gasteiger charge is -2.34. The van der Waals surface area contributed by atoms with Gasteiger partial charge < -0.3 is 25.0 Å². The molecule has 2 heterocycles. The second kappa shape index (κ2) is 5.06. The molecule has 4 amide bonds. The molecule has 0 bridgehead atoms. The highest BCUT2D eigenvalue weighted by molar-refractivity contribution is 5.95. The summed E-state index contributed by atoms with van der Waals surface area (Å²) in [5, 5.41) is 23.3. The lowest BCUT2D eigenvalue weighted by Crippen LogP contribution is -2.62. The average molecular weight is 261 g/mol. The lowest BCUT2D eigenvalue weighted by molar-refractivity contribution is -0.0892. The molecule has 0 spiro atoms. The smallest absolute Gasteiger partial charge is 0.329 e. The summed E-state index contributed by atoms with van der Waals surface area (Å²) in [5.74, 6) is 0. The second-order valence-corrected chi connectivity index (χ2v) is 4.00. The number of nitrogens with zero attached hydrogens (tertiary/aromatic N) is 1. The number of rotatable bonds is 3. The van der Waals surface area contributed by atoms with Gasteiger partial charge >= 0.3 is 12.1 Å². The van der Waals surface area contributed by atoms with Crippen molar-refractivity contribution in [1.82, 2.24) is 15.5 Å². The molecule has 4 N–H and O–H groups in total. The van der Waals surface area contributed by atoms with Crippen molar-refractivity contribution in [3.8, 4) is 0 Å². The molecule has 0 radical (unpaired) electrons. The van der Waals surface area contributed by atoms with Gasteiger partial charge in [-0.05, 0) is 0 Å². The molecule has 9 nitrogen and oxygen atoms in total. The van der Waals surface area contributed by atoms with Crippen LogP contribution in [0, 0.1) is 0 Å². The fraction of sp³-hybridized carbons (Fsp3) is 0.778. The van der Waals surface area contributed by atoms with Gasteiger partial charge in [-0.25, -0.2) is 9.59 Å². The Hall–Kier alpha value is -1.42. The Morgan fingerprint density at radius 2 is 2.28 bits per heavy atom. The van der Waals surface area contributed by atoms with Crippen LogP contribution < -0.4 is 10.6 Å². The monoisotopic (exact) mass is 261 g/mol. The van der Waals surface area contributed by atoms with Crippen LogP contribution in [0.25, 0.3) is 0 Å². The maximum absolute atomic E-state index is 11.6. The number of ether oxygens (including phenoxy) is 2. The number of aliphatic hydroxyl groups excluding tert-OH is 2. The average Bonchev–Trinajstić information content (AvgIpc) is 2.65. The Morgan fingerprint density at radius 1 is 1.56 bits per heavy atom. The van der Waals surface area contributed by atoms with Crippen LogP contribution in [0.15, 0.2) is 0 Å². The zero-order valence-electron chi connectivity index (χ0n) is 9.70. The zero-order chi connectivity index (χ0) is 13.3. The third-order valence-electron chi connectivity index (χ3n) is 2.96. The van der Waals surface area contributed by atoms with E-state index in [0.29, 0.717) is 0 Å². The van der Waals surface area contributed by atoms with Gasteiger partial charge in [0.2, 0.25) is 0 Å². The molecule has 0 saturated carbocycles. The molecular weight excluding hydrogens is 246 g/mol. The molecule has 18 heavy (non-hydrogen) atoms. The van der Waals surface area contributed by atoms with Crippen LogP contribution in [-0.2, 0) is 9.47 Å². The van der Waals surface area contributed by atoms with E-state index < -0.39 is 36.6 Å². The molecule has 0 aromatic rings. The number of methoxy groups -OCH3 is 1. The first kappa shape index (κ1) is 13.0. The molecule has 0 aromatic carbocycles. The van der Waals surface area contributed by atoms with Crippen molar-refractivity contribution in [2.75, 3.05) is 20.4 Å². The predicted molar refractivity (Wildman–Crippen MR) is 56.3 cm³/mol. The van der Waals surface area contributed by atoms with Crippen LogP contribution in [0.1, 0.15) is 0 Å². The van der Waals surface area contributed by atoms with Crippen LogP contribution in [0.3, 0.4) is 0 Å². The minimum Gasteiger partial charge on any atom is -0.394 e. The van der Waals surface area contributed by atoms with Gasteiger partial charge in [0.25, 0.3) is 0 Å². The molecular formula is C9H15N3O6. The summed E-state index contributed by atoms with van der Waals surface area (Å²) in [6, 6.07) is -1.24. The number of hydrogen-bond donors (Lipinski definition) is 4. The standard InChI is InChI=1S/C9H15N3O6/c1-17-6-5(14)4(2-13)18-7(6)12-3-10-8(15)11-9(12)16/h4-7,13-14H,2-3H2,1H3,(H2,10,11,15,16). The van der Waals surface area contributed by atoms with E-state index in [1.54, 1.807) is 0 Å². The number of nitrogens with one attached hydrogen (secondary N) is 2. The summed E-state index contributed by atoms with van der Waals surface area (Å²) < 4.78 is 10.4. The molecule has 2 aliphatic heterocycles. The van der Waals surface area contributed by atoms with E-state index >= 15 is 0 Å². The number of hydrogen-bond acceptors (Lipinski definition) is 6. The predicted octanol–water partition coefficient (Wildman–Crippen LogP) is -2.23. The summed E-state index contributed by atoms with van der Waals surface area (Å²) in [7, 11) is 1.37. The Bertz CT molecular complexity index is 351. The Kier molecular flexibility index (Phi) is 3.66. The van der Waals surface area contributed by atoms with E-state index in [9.17, 15) is 14.7 Å². The Morgan fingerprint density at radius 3 is 2.83 bits per heavy atom. The van der Waals surface area contributed by atoms with E-state index in [-0.39, 0.29) is 13.3 Å². The number of carbonyl (C=O) groups is 2. The molecule has 9 heteroatoms. The maximum Gasteiger partial charge on any atom is 0.329 e. The minimum atomic E-state index is -1.05. The van der Waals surface area contributed by atoms with Crippen molar-refractivity contribution in [3.05, 3.63) is 0 Å². The summed E-state index contributed by atoms with van der Waals surface area (Å²) in [4.78, 5) is 23.7. The van der Waals surface area contributed by atoms with Crippen LogP contribution in [0.2, 0.25) is 0 Å². The first-order valence-electron chi connectivity index (χ1n) is 5.41. The zero-order valence-corrected chi connectivity index (χ0v) is 9.70. The van der Waals surface area contributed by atoms with Crippen molar-refractivity contribution in [2.45, 2.75) is 24.5 Å². The molecule has 0 aromatic heterocycles. The molecule has 0 aliphatic carbocycles. The number of carbonyl (C=O) groups excluding carboxylic acids is 2. The SMILES string of the molecule is COC1C(O)C(CO)OC1N1CNC(=O)NC1=O. The van der Waals surface area contributed by atoms with Crippen LogP contribution in [0.5, 0.6) is 0 Å². The van der Waals surface area contributed by atoms with Gasteiger partial charge in [-0.15, -0.1) is 0 Å². The van der Waals surface area contributed by atoms with Gasteiger partial charge in [0, 0.05) is 7.11 Å². The van der Waals surface area contributed by atoms with Crippen molar-refractivity contribution in [1.29, 1.82) is 0 Å². The quantitative estimate of drug-likeness (QED) is 0.456. The van der Waals surface area contributed by atoms with Crippen molar-refractivity contribution in [2.24, 2.45) is 0 Å². The third-order valence-corrected chi connectivity index (χ3v) is 2.96. The first-order valence-corrected chi connectivity index (χ1v) is 5.41. The molecule has 2 fully saturated rings. The van der Waals surface area contributed by atoms with E-state index in [0.717, 1.165) is 0 Å². The van der Waals surface area contributed by atoms with E-state index in [4.69, 9.17) is 14.6 Å². The summed E-state index contributed by atoms with van der Waals surface area (Å²) >= 11 is 0. The van der Waals surface area contributed by atoms with Gasteiger partial charge in [0.1, 0.15) is 18.3 Å². The number of imide groups is 1. The highest BCUT2D eigenvalue weighted by Gasteiger charge is 2.48. The molecule has 4 unspecified atom stereocenters. The van der Waals surface area contributed by atoms with Crippen LogP contribution >= 0.6 is 0 Å². The molecule has 2 saturated heterocycles. The summed E-state index contributed by atoms with van der Waals surface area (Å²) in [5.41, 5.74) is 0.